The summed E-state index contributed by atoms with van der Waals surface area (Å²) in [7, 11) is 0. The van der Waals surface area contributed by atoms with E-state index < -0.39 is 0 Å². The Kier molecular flexibility index (Phi) is 3.76. The van der Waals surface area contributed by atoms with E-state index in [1.807, 2.05) is 0 Å². The standard InChI is InChI=1S/C16H24N4/c1-12(2)20-13(3)18-15-10-14(4-5-16(15)20)11-19-8-6-17-7-9-19/h4-5,10,12,17H,6-9,11H2,1-3H3. The van der Waals surface area contributed by atoms with Crippen LogP contribution < -0.4 is 5.32 Å². The summed E-state index contributed by atoms with van der Waals surface area (Å²) in [6.07, 6.45) is 0. The summed E-state index contributed by atoms with van der Waals surface area (Å²) in [5.41, 5.74) is 3.75. The maximum atomic E-state index is 4.72. The molecule has 1 fully saturated rings. The lowest BCUT2D eigenvalue weighted by Crippen LogP contribution is -2.42. The third-order valence-corrected chi connectivity index (χ3v) is 4.06. The quantitative estimate of drug-likeness (QED) is 0.931. The summed E-state index contributed by atoms with van der Waals surface area (Å²) in [5.74, 6) is 1.11. The summed E-state index contributed by atoms with van der Waals surface area (Å²) in [5, 5.41) is 3.40. The number of nitrogens with one attached hydrogen (secondary N) is 1. The normalized spacial score (nSPS) is 17.2. The SMILES string of the molecule is Cc1nc2cc(CN3CCNCC3)ccc2n1C(C)C. The summed E-state index contributed by atoms with van der Waals surface area (Å²) in [4.78, 5) is 7.22. The predicted molar refractivity (Wildman–Crippen MR) is 83.0 cm³/mol. The molecule has 2 aromatic rings. The van der Waals surface area contributed by atoms with E-state index in [0.29, 0.717) is 6.04 Å². The van der Waals surface area contributed by atoms with Crippen LogP contribution in [0, 0.1) is 6.92 Å². The average Bonchev–Trinajstić information content (AvgIpc) is 2.75. The zero-order valence-corrected chi connectivity index (χ0v) is 12.7. The minimum absolute atomic E-state index is 0.457. The number of fused-ring (bicyclic) bond motifs is 1. The molecular weight excluding hydrogens is 248 g/mol. The van der Waals surface area contributed by atoms with Gasteiger partial charge in [0.05, 0.1) is 11.0 Å². The monoisotopic (exact) mass is 272 g/mol. The number of nitrogens with zero attached hydrogens (tertiary/aromatic N) is 3. The molecule has 0 radical (unpaired) electrons. The number of aromatic nitrogens is 2. The van der Waals surface area contributed by atoms with Crippen LogP contribution in [0.4, 0.5) is 0 Å². The van der Waals surface area contributed by atoms with Gasteiger partial charge in [0.1, 0.15) is 5.82 Å². The lowest BCUT2D eigenvalue weighted by atomic mass is 10.1. The van der Waals surface area contributed by atoms with Crippen molar-refractivity contribution < 1.29 is 0 Å². The molecule has 3 rings (SSSR count). The molecule has 1 N–H and O–H groups in total. The van der Waals surface area contributed by atoms with E-state index in [4.69, 9.17) is 4.98 Å². The first kappa shape index (κ1) is 13.6. The molecule has 0 bridgehead atoms. The fourth-order valence-electron chi connectivity index (χ4n) is 3.14. The fourth-order valence-corrected chi connectivity index (χ4v) is 3.14. The summed E-state index contributed by atoms with van der Waals surface area (Å²) < 4.78 is 2.31. The Morgan fingerprint density at radius 1 is 1.25 bits per heavy atom. The van der Waals surface area contributed by atoms with Gasteiger partial charge in [0.15, 0.2) is 0 Å². The highest BCUT2D eigenvalue weighted by atomic mass is 15.2. The Morgan fingerprint density at radius 3 is 2.70 bits per heavy atom. The van der Waals surface area contributed by atoms with Crippen molar-refractivity contribution in [1.82, 2.24) is 19.8 Å². The van der Waals surface area contributed by atoms with Crippen LogP contribution in [-0.2, 0) is 6.54 Å². The van der Waals surface area contributed by atoms with Crippen LogP contribution in [0.5, 0.6) is 0 Å². The van der Waals surface area contributed by atoms with Crippen molar-refractivity contribution in [3.05, 3.63) is 29.6 Å². The molecule has 1 aliphatic heterocycles. The molecule has 0 amide bonds. The molecule has 0 spiro atoms. The fraction of sp³-hybridized carbons (Fsp3) is 0.562. The molecule has 0 unspecified atom stereocenters. The smallest absolute Gasteiger partial charge is 0.106 e. The third kappa shape index (κ3) is 2.58. The first-order valence-corrected chi connectivity index (χ1v) is 7.55. The van der Waals surface area contributed by atoms with Gasteiger partial charge in [0.25, 0.3) is 0 Å². The molecular formula is C16H24N4. The van der Waals surface area contributed by atoms with Gasteiger partial charge >= 0.3 is 0 Å². The first-order chi connectivity index (χ1) is 9.65. The van der Waals surface area contributed by atoms with Crippen molar-refractivity contribution in [1.29, 1.82) is 0 Å². The molecule has 1 aromatic heterocycles. The lowest BCUT2D eigenvalue weighted by molar-refractivity contribution is 0.233. The van der Waals surface area contributed by atoms with Crippen molar-refractivity contribution in [3.63, 3.8) is 0 Å². The van der Waals surface area contributed by atoms with Gasteiger partial charge in [-0.15, -0.1) is 0 Å². The van der Waals surface area contributed by atoms with E-state index in [-0.39, 0.29) is 0 Å². The molecule has 4 nitrogen and oxygen atoms in total. The van der Waals surface area contributed by atoms with Gasteiger partial charge in [0.2, 0.25) is 0 Å². The van der Waals surface area contributed by atoms with Gasteiger partial charge < -0.3 is 9.88 Å². The van der Waals surface area contributed by atoms with Gasteiger partial charge in [-0.2, -0.15) is 0 Å². The lowest BCUT2D eigenvalue weighted by Gasteiger charge is -2.27. The minimum atomic E-state index is 0.457. The van der Waals surface area contributed by atoms with E-state index >= 15 is 0 Å². The highest BCUT2D eigenvalue weighted by Gasteiger charge is 2.13. The van der Waals surface area contributed by atoms with Crippen LogP contribution in [0.1, 0.15) is 31.3 Å². The van der Waals surface area contributed by atoms with Crippen molar-refractivity contribution in [2.45, 2.75) is 33.4 Å². The number of aryl methyl sites for hydroxylation is 1. The molecule has 1 aromatic carbocycles. The van der Waals surface area contributed by atoms with Crippen LogP contribution in [0.3, 0.4) is 0 Å². The molecule has 4 heteroatoms. The van der Waals surface area contributed by atoms with Crippen molar-refractivity contribution in [2.24, 2.45) is 0 Å². The molecule has 108 valence electrons. The maximum Gasteiger partial charge on any atom is 0.106 e. The van der Waals surface area contributed by atoms with Crippen LogP contribution >= 0.6 is 0 Å². The van der Waals surface area contributed by atoms with Crippen LogP contribution in [0.25, 0.3) is 11.0 Å². The van der Waals surface area contributed by atoms with E-state index in [1.54, 1.807) is 0 Å². The summed E-state index contributed by atoms with van der Waals surface area (Å²) >= 11 is 0. The van der Waals surface area contributed by atoms with Gasteiger partial charge in [-0.05, 0) is 38.5 Å². The molecule has 20 heavy (non-hydrogen) atoms. The first-order valence-electron chi connectivity index (χ1n) is 7.55. The number of benzene rings is 1. The van der Waals surface area contributed by atoms with E-state index in [2.05, 4.69) is 53.8 Å². The highest BCUT2D eigenvalue weighted by Crippen LogP contribution is 2.22. The topological polar surface area (TPSA) is 33.1 Å². The van der Waals surface area contributed by atoms with Gasteiger partial charge in [-0.25, -0.2) is 4.98 Å². The van der Waals surface area contributed by atoms with Crippen molar-refractivity contribution in [2.75, 3.05) is 26.2 Å². The Balaban J connectivity index is 1.87. The van der Waals surface area contributed by atoms with Crippen LogP contribution in [0.15, 0.2) is 18.2 Å². The Morgan fingerprint density at radius 2 is 2.00 bits per heavy atom. The summed E-state index contributed by atoms with van der Waals surface area (Å²) in [6.45, 7) is 12.0. The van der Waals surface area contributed by atoms with Crippen LogP contribution in [-0.4, -0.2) is 40.6 Å². The predicted octanol–water partition coefficient (Wildman–Crippen LogP) is 2.33. The number of hydrogen-bond acceptors (Lipinski definition) is 3. The molecule has 0 atom stereocenters. The van der Waals surface area contributed by atoms with E-state index in [0.717, 1.165) is 44.1 Å². The third-order valence-electron chi connectivity index (χ3n) is 4.06. The number of hydrogen-bond donors (Lipinski definition) is 1. The zero-order valence-electron chi connectivity index (χ0n) is 12.7. The zero-order chi connectivity index (χ0) is 14.1. The Bertz CT molecular complexity index is 594. The number of rotatable bonds is 3. The summed E-state index contributed by atoms with van der Waals surface area (Å²) in [6, 6.07) is 7.19. The van der Waals surface area contributed by atoms with Gasteiger partial charge in [-0.1, -0.05) is 6.07 Å². The number of piperazine rings is 1. The highest BCUT2D eigenvalue weighted by molar-refractivity contribution is 5.77. The molecule has 0 saturated carbocycles. The molecule has 1 aliphatic rings. The average molecular weight is 272 g/mol. The second kappa shape index (κ2) is 5.54. The molecule has 1 saturated heterocycles. The van der Waals surface area contributed by atoms with Gasteiger partial charge in [-0.3, -0.25) is 4.90 Å². The minimum Gasteiger partial charge on any atom is -0.326 e. The van der Waals surface area contributed by atoms with E-state index in [9.17, 15) is 0 Å². The van der Waals surface area contributed by atoms with Crippen molar-refractivity contribution >= 4 is 11.0 Å². The van der Waals surface area contributed by atoms with E-state index in [1.165, 1.54) is 11.1 Å². The second-order valence-electron chi connectivity index (χ2n) is 5.97. The van der Waals surface area contributed by atoms with Crippen molar-refractivity contribution in [3.8, 4) is 0 Å². The maximum absolute atomic E-state index is 4.72. The molecule has 0 aliphatic carbocycles. The second-order valence-corrected chi connectivity index (χ2v) is 5.97. The Labute approximate surface area is 120 Å². The van der Waals surface area contributed by atoms with Crippen LogP contribution in [0.2, 0.25) is 0 Å². The largest absolute Gasteiger partial charge is 0.326 e. The molecule has 2 heterocycles. The number of imidazole rings is 1. The van der Waals surface area contributed by atoms with Gasteiger partial charge in [0, 0.05) is 38.8 Å². The Hall–Kier alpha value is -1.39.